The van der Waals surface area contributed by atoms with Crippen LogP contribution in [-0.2, 0) is 17.5 Å². The largest absolute Gasteiger partial charge is 0.454 e. The molecule has 0 saturated carbocycles. The molecule has 0 spiro atoms. The van der Waals surface area contributed by atoms with Gasteiger partial charge in [0.2, 0.25) is 12.6 Å². The first-order valence-corrected chi connectivity index (χ1v) is 13.8. The lowest BCUT2D eigenvalue weighted by molar-refractivity contribution is -0.145. The summed E-state index contributed by atoms with van der Waals surface area (Å²) < 4.78 is 55.3. The summed E-state index contributed by atoms with van der Waals surface area (Å²) in [6, 6.07) is 12.1. The molecule has 10 nitrogen and oxygen atoms in total. The fourth-order valence-corrected chi connectivity index (χ4v) is 5.28. The van der Waals surface area contributed by atoms with Crippen LogP contribution in [-0.4, -0.2) is 65.4 Å². The van der Waals surface area contributed by atoms with Crippen molar-refractivity contribution in [3.8, 4) is 11.5 Å². The molecule has 14 heteroatoms. The number of anilines is 1. The van der Waals surface area contributed by atoms with Crippen LogP contribution in [0.5, 0.6) is 11.5 Å². The number of morpholine rings is 1. The second-order valence-electron chi connectivity index (χ2n) is 9.94. The minimum atomic E-state index is -4.65. The van der Waals surface area contributed by atoms with Gasteiger partial charge < -0.3 is 24.8 Å². The standard InChI is InChI=1S/C29H26ClF3N6O4/c30-20-3-4-21-19(2-6-25(38-21)34-12-17-1-5-23-24(11-17)43-16-42-23)26(20)27(40)35-15-22(39-7-9-41-10-8-39)18-13-36-28(37-14-18)29(31,32)33/h1-6,11,13-14,22H,7-10,12,15-16H2,(H,34,38)(H,35,40). The van der Waals surface area contributed by atoms with Gasteiger partial charge in [0.1, 0.15) is 5.82 Å². The predicted octanol–water partition coefficient (Wildman–Crippen LogP) is 4.84. The molecule has 224 valence electrons. The van der Waals surface area contributed by atoms with E-state index in [0.29, 0.717) is 66.6 Å². The average molecular weight is 615 g/mol. The SMILES string of the molecule is O=C(NCC(c1cnc(C(F)(F)F)nc1)N1CCOCC1)c1c(Cl)ccc2nc(NCc3ccc4c(c3)OCO4)ccc12. The Morgan fingerprint density at radius 2 is 1.79 bits per heavy atom. The number of aromatic nitrogens is 3. The van der Waals surface area contributed by atoms with E-state index < -0.39 is 23.9 Å². The number of carbonyl (C=O) groups excluding carboxylic acids is 1. The van der Waals surface area contributed by atoms with Crippen LogP contribution in [0.3, 0.4) is 0 Å². The summed E-state index contributed by atoms with van der Waals surface area (Å²) >= 11 is 6.49. The van der Waals surface area contributed by atoms with Gasteiger partial charge in [-0.1, -0.05) is 17.7 Å². The number of rotatable bonds is 8. The highest BCUT2D eigenvalue weighted by Crippen LogP contribution is 2.33. The van der Waals surface area contributed by atoms with Gasteiger partial charge in [0.15, 0.2) is 11.5 Å². The van der Waals surface area contributed by atoms with Crippen LogP contribution in [0, 0.1) is 0 Å². The number of halogens is 4. The first kappa shape index (κ1) is 28.9. The first-order valence-electron chi connectivity index (χ1n) is 13.5. The van der Waals surface area contributed by atoms with Gasteiger partial charge in [-0.3, -0.25) is 9.69 Å². The Morgan fingerprint density at radius 1 is 1.02 bits per heavy atom. The molecule has 0 aliphatic carbocycles. The van der Waals surface area contributed by atoms with Crippen LogP contribution in [0.25, 0.3) is 10.9 Å². The fraction of sp³-hybridized carbons (Fsp3) is 0.310. The summed E-state index contributed by atoms with van der Waals surface area (Å²) in [6.07, 6.45) is -2.36. The van der Waals surface area contributed by atoms with E-state index in [2.05, 4.69) is 25.6 Å². The van der Waals surface area contributed by atoms with Gasteiger partial charge in [-0.25, -0.2) is 15.0 Å². The molecule has 4 aromatic rings. The summed E-state index contributed by atoms with van der Waals surface area (Å²) in [7, 11) is 0. The number of alkyl halides is 3. The van der Waals surface area contributed by atoms with Crippen LogP contribution in [0.4, 0.5) is 19.0 Å². The van der Waals surface area contributed by atoms with Crippen molar-refractivity contribution >= 4 is 34.2 Å². The highest BCUT2D eigenvalue weighted by atomic mass is 35.5. The maximum absolute atomic E-state index is 13.5. The third kappa shape index (κ3) is 6.43. The van der Waals surface area contributed by atoms with Crippen molar-refractivity contribution in [1.29, 1.82) is 0 Å². The second-order valence-corrected chi connectivity index (χ2v) is 10.3. The summed E-state index contributed by atoms with van der Waals surface area (Å²) in [5.41, 5.74) is 2.24. The van der Waals surface area contributed by atoms with Gasteiger partial charge in [0.05, 0.1) is 35.4 Å². The highest BCUT2D eigenvalue weighted by molar-refractivity contribution is 6.35. The summed E-state index contributed by atoms with van der Waals surface area (Å²) in [5, 5.41) is 6.98. The van der Waals surface area contributed by atoms with E-state index in [1.807, 2.05) is 23.1 Å². The Balaban J connectivity index is 1.18. The molecule has 1 atom stereocenters. The van der Waals surface area contributed by atoms with Crippen molar-refractivity contribution in [3.63, 3.8) is 0 Å². The second kappa shape index (κ2) is 12.2. The number of benzene rings is 2. The Labute approximate surface area is 249 Å². The maximum atomic E-state index is 13.5. The predicted molar refractivity (Wildman–Crippen MR) is 151 cm³/mol. The fourth-order valence-electron chi connectivity index (χ4n) is 5.03. The number of nitrogens with zero attached hydrogens (tertiary/aromatic N) is 4. The van der Waals surface area contributed by atoms with Gasteiger partial charge in [0, 0.05) is 49.5 Å². The Morgan fingerprint density at radius 3 is 2.56 bits per heavy atom. The average Bonchev–Trinajstić information content (AvgIpc) is 3.48. The molecule has 6 rings (SSSR count). The van der Waals surface area contributed by atoms with E-state index in [0.717, 1.165) is 18.0 Å². The lowest BCUT2D eigenvalue weighted by atomic mass is 10.1. The van der Waals surface area contributed by atoms with E-state index in [1.165, 1.54) is 0 Å². The number of hydrogen-bond acceptors (Lipinski definition) is 9. The molecule has 1 amide bonds. The number of hydrogen-bond donors (Lipinski definition) is 2. The van der Waals surface area contributed by atoms with Gasteiger partial charge in [-0.2, -0.15) is 13.2 Å². The lowest BCUT2D eigenvalue weighted by Gasteiger charge is -2.34. The monoisotopic (exact) mass is 614 g/mol. The molecule has 2 aromatic carbocycles. The first-order chi connectivity index (χ1) is 20.8. The Bertz CT molecular complexity index is 1630. The van der Waals surface area contributed by atoms with Crippen molar-refractivity contribution in [3.05, 3.63) is 82.4 Å². The lowest BCUT2D eigenvalue weighted by Crippen LogP contribution is -2.44. The third-order valence-corrected chi connectivity index (χ3v) is 7.53. The van der Waals surface area contributed by atoms with Gasteiger partial charge in [-0.05, 0) is 42.0 Å². The zero-order valence-electron chi connectivity index (χ0n) is 22.7. The highest BCUT2D eigenvalue weighted by Gasteiger charge is 2.35. The zero-order chi connectivity index (χ0) is 30.0. The van der Waals surface area contributed by atoms with Gasteiger partial charge >= 0.3 is 6.18 Å². The van der Waals surface area contributed by atoms with Gasteiger partial charge in [0.25, 0.3) is 5.91 Å². The van der Waals surface area contributed by atoms with Crippen molar-refractivity contribution in [2.24, 2.45) is 0 Å². The van der Waals surface area contributed by atoms with Crippen LogP contribution in [0.2, 0.25) is 5.02 Å². The molecule has 2 aliphatic heterocycles. The van der Waals surface area contributed by atoms with E-state index in [4.69, 9.17) is 25.8 Å². The van der Waals surface area contributed by atoms with E-state index in [-0.39, 0.29) is 23.9 Å². The molecule has 4 heterocycles. The van der Waals surface area contributed by atoms with E-state index >= 15 is 0 Å². The topological polar surface area (TPSA) is 111 Å². The molecule has 2 aromatic heterocycles. The molecule has 2 aliphatic rings. The normalized spacial score (nSPS) is 15.8. The van der Waals surface area contributed by atoms with Crippen LogP contribution < -0.4 is 20.1 Å². The Hall–Kier alpha value is -4.20. The maximum Gasteiger partial charge on any atom is 0.451 e. The van der Waals surface area contributed by atoms with E-state index in [9.17, 15) is 18.0 Å². The molecular weight excluding hydrogens is 589 g/mol. The molecule has 0 bridgehead atoms. The summed E-state index contributed by atoms with van der Waals surface area (Å²) in [5.74, 6) is 0.343. The molecule has 0 radical (unpaired) electrons. The molecular formula is C29H26ClF3N6O4. The van der Waals surface area contributed by atoms with Crippen molar-refractivity contribution in [2.45, 2.75) is 18.8 Å². The quantitative estimate of drug-likeness (QED) is 0.288. The van der Waals surface area contributed by atoms with Crippen molar-refractivity contribution in [2.75, 3.05) is 45.0 Å². The number of fused-ring (bicyclic) bond motifs is 2. The summed E-state index contributed by atoms with van der Waals surface area (Å²) in [4.78, 5) is 27.2. The number of ether oxygens (including phenoxy) is 3. The number of carbonyl (C=O) groups is 1. The molecule has 43 heavy (non-hydrogen) atoms. The van der Waals surface area contributed by atoms with Gasteiger partial charge in [-0.15, -0.1) is 0 Å². The van der Waals surface area contributed by atoms with Crippen LogP contribution in [0.15, 0.2) is 54.9 Å². The van der Waals surface area contributed by atoms with Crippen LogP contribution in [0.1, 0.15) is 33.4 Å². The summed E-state index contributed by atoms with van der Waals surface area (Å²) in [6.45, 7) is 2.75. The minimum absolute atomic E-state index is 0.0862. The number of nitrogens with one attached hydrogen (secondary N) is 2. The smallest absolute Gasteiger partial charge is 0.451 e. The van der Waals surface area contributed by atoms with E-state index in [1.54, 1.807) is 24.3 Å². The van der Waals surface area contributed by atoms with Crippen molar-refractivity contribution < 1.29 is 32.2 Å². The van der Waals surface area contributed by atoms with Crippen LogP contribution >= 0.6 is 11.6 Å². The minimum Gasteiger partial charge on any atom is -0.454 e. The van der Waals surface area contributed by atoms with Crippen molar-refractivity contribution in [1.82, 2.24) is 25.2 Å². The molecule has 2 N–H and O–H groups in total. The molecule has 1 saturated heterocycles. The number of amides is 1. The molecule has 1 fully saturated rings. The molecule has 1 unspecified atom stereocenters. The zero-order valence-corrected chi connectivity index (χ0v) is 23.4. The Kier molecular flexibility index (Phi) is 8.19. The third-order valence-electron chi connectivity index (χ3n) is 7.21. The number of pyridine rings is 1.